The lowest BCUT2D eigenvalue weighted by Crippen LogP contribution is -2.03. The zero-order valence-corrected chi connectivity index (χ0v) is 19.1. The molecule has 5 aromatic rings. The molecule has 9 heteroatoms. The Bertz CT molecular complexity index is 1440. The van der Waals surface area contributed by atoms with Gasteiger partial charge in [0.15, 0.2) is 11.4 Å². The van der Waals surface area contributed by atoms with Crippen molar-refractivity contribution < 1.29 is 9.18 Å². The van der Waals surface area contributed by atoms with E-state index in [0.29, 0.717) is 42.0 Å². The third-order valence-electron chi connectivity index (χ3n) is 5.82. The van der Waals surface area contributed by atoms with Gasteiger partial charge in [-0.15, -0.1) is 10.2 Å². The molecule has 0 aliphatic heterocycles. The van der Waals surface area contributed by atoms with Crippen molar-refractivity contribution in [3.8, 4) is 11.3 Å². The first-order valence-electron chi connectivity index (χ1n) is 11.6. The van der Waals surface area contributed by atoms with Crippen LogP contribution in [0.15, 0.2) is 67.0 Å². The average Bonchev–Trinajstić information content (AvgIpc) is 3.53. The fourth-order valence-corrected chi connectivity index (χ4v) is 3.95. The van der Waals surface area contributed by atoms with Gasteiger partial charge in [0.2, 0.25) is 0 Å². The predicted octanol–water partition coefficient (Wildman–Crippen LogP) is 4.59. The van der Waals surface area contributed by atoms with Gasteiger partial charge in [-0.25, -0.2) is 4.39 Å². The van der Waals surface area contributed by atoms with E-state index in [2.05, 4.69) is 30.5 Å². The number of aryl methyl sites for hydroxylation is 3. The van der Waals surface area contributed by atoms with Crippen molar-refractivity contribution in [1.82, 2.24) is 35.2 Å². The summed E-state index contributed by atoms with van der Waals surface area (Å²) in [6.45, 7) is 0.664. The summed E-state index contributed by atoms with van der Waals surface area (Å²) in [5.41, 5.74) is 3.97. The molecule has 0 saturated carbocycles. The van der Waals surface area contributed by atoms with Crippen molar-refractivity contribution in [3.63, 3.8) is 0 Å². The average molecular weight is 470 g/mol. The quantitative estimate of drug-likeness (QED) is 0.237. The minimum atomic E-state index is -0.279. The molecule has 0 bridgehead atoms. The molecular formula is C26H24FN7O. The highest BCUT2D eigenvalue weighted by molar-refractivity contribution is 5.93. The van der Waals surface area contributed by atoms with Gasteiger partial charge >= 0.3 is 0 Å². The lowest BCUT2D eigenvalue weighted by Gasteiger charge is -2.01. The van der Waals surface area contributed by atoms with Crippen molar-refractivity contribution in [1.29, 1.82) is 0 Å². The number of hydrogen-bond acceptors (Lipinski definition) is 6. The molecule has 0 radical (unpaired) electrons. The van der Waals surface area contributed by atoms with Gasteiger partial charge in [-0.2, -0.15) is 5.10 Å². The van der Waals surface area contributed by atoms with Crippen LogP contribution in [-0.4, -0.2) is 40.9 Å². The molecule has 35 heavy (non-hydrogen) atoms. The first-order chi connectivity index (χ1) is 17.2. The minimum Gasteiger partial charge on any atom is -0.338 e. The standard InChI is InChI=1S/C26H24FN7O/c27-22-10-2-1-9-21(22)23-16-18-15-20(30-32-26(18)29-23)8-4-6-14-34-17-24(31-33-34)25(35)12-11-19-7-3-5-13-28-19/h1-3,5,7,9-10,13,15-17H,4,6,8,11-12,14H2,(H,29,32). The zero-order valence-electron chi connectivity index (χ0n) is 19.1. The SMILES string of the molecule is O=C(CCc1ccccn1)c1cn(CCCCc2cc3cc(-c4ccccc4F)[nH]c3nn2)nn1. The number of Topliss-reactive ketones (excluding diaryl/α,β-unsaturated/α-hetero) is 1. The Morgan fingerprint density at radius 3 is 2.69 bits per heavy atom. The minimum absolute atomic E-state index is 0.0354. The molecule has 0 unspecified atom stereocenters. The molecule has 4 heterocycles. The highest BCUT2D eigenvalue weighted by Gasteiger charge is 2.12. The van der Waals surface area contributed by atoms with Crippen LogP contribution in [0, 0.1) is 5.82 Å². The number of benzene rings is 1. The smallest absolute Gasteiger partial charge is 0.185 e. The summed E-state index contributed by atoms with van der Waals surface area (Å²) in [6, 6.07) is 16.2. The molecule has 0 aliphatic rings. The summed E-state index contributed by atoms with van der Waals surface area (Å²) in [5, 5.41) is 17.6. The second-order valence-corrected chi connectivity index (χ2v) is 8.37. The monoisotopic (exact) mass is 469 g/mol. The van der Waals surface area contributed by atoms with Crippen molar-refractivity contribution in [2.75, 3.05) is 0 Å². The number of H-pyrrole nitrogens is 1. The molecule has 0 spiro atoms. The first-order valence-corrected chi connectivity index (χ1v) is 11.6. The summed E-state index contributed by atoms with van der Waals surface area (Å²) in [5.74, 6) is -0.315. The Hall–Kier alpha value is -4.27. The number of ketones is 1. The van der Waals surface area contributed by atoms with E-state index in [1.165, 1.54) is 6.07 Å². The third-order valence-corrected chi connectivity index (χ3v) is 5.82. The number of carbonyl (C=O) groups excluding carboxylic acids is 1. The Morgan fingerprint density at radius 1 is 0.943 bits per heavy atom. The lowest BCUT2D eigenvalue weighted by atomic mass is 10.1. The van der Waals surface area contributed by atoms with E-state index < -0.39 is 0 Å². The van der Waals surface area contributed by atoms with Crippen LogP contribution < -0.4 is 0 Å². The maximum Gasteiger partial charge on any atom is 0.185 e. The van der Waals surface area contributed by atoms with Gasteiger partial charge in [-0.05, 0) is 62.1 Å². The van der Waals surface area contributed by atoms with E-state index in [4.69, 9.17) is 0 Å². The van der Waals surface area contributed by atoms with Crippen molar-refractivity contribution in [2.24, 2.45) is 0 Å². The summed E-state index contributed by atoms with van der Waals surface area (Å²) >= 11 is 0. The zero-order chi connectivity index (χ0) is 24.0. The maximum atomic E-state index is 14.1. The fourth-order valence-electron chi connectivity index (χ4n) is 3.95. The molecule has 5 rings (SSSR count). The number of carbonyl (C=O) groups is 1. The maximum absolute atomic E-state index is 14.1. The molecular weight excluding hydrogens is 445 g/mol. The van der Waals surface area contributed by atoms with Crippen molar-refractivity contribution in [3.05, 3.63) is 89.9 Å². The molecule has 0 fully saturated rings. The highest BCUT2D eigenvalue weighted by Crippen LogP contribution is 2.25. The molecule has 1 N–H and O–H groups in total. The number of pyridine rings is 1. The largest absolute Gasteiger partial charge is 0.338 e. The highest BCUT2D eigenvalue weighted by atomic mass is 19.1. The summed E-state index contributed by atoms with van der Waals surface area (Å²) in [4.78, 5) is 19.8. The van der Waals surface area contributed by atoms with E-state index in [1.54, 1.807) is 35.3 Å². The van der Waals surface area contributed by atoms with Crippen LogP contribution in [0.3, 0.4) is 0 Å². The number of aromatic amines is 1. The molecule has 0 atom stereocenters. The Balaban J connectivity index is 1.12. The van der Waals surface area contributed by atoms with Crippen LogP contribution in [0.2, 0.25) is 0 Å². The lowest BCUT2D eigenvalue weighted by molar-refractivity contribution is 0.0977. The summed E-state index contributed by atoms with van der Waals surface area (Å²) in [6.07, 6.45) is 6.87. The molecule has 0 aliphatic carbocycles. The molecule has 176 valence electrons. The molecule has 0 amide bonds. The van der Waals surface area contributed by atoms with E-state index in [1.807, 2.05) is 30.3 Å². The third kappa shape index (κ3) is 5.46. The predicted molar refractivity (Wildman–Crippen MR) is 129 cm³/mol. The molecule has 1 aromatic carbocycles. The van der Waals surface area contributed by atoms with Gasteiger partial charge < -0.3 is 4.98 Å². The van der Waals surface area contributed by atoms with E-state index in [9.17, 15) is 9.18 Å². The topological polar surface area (TPSA) is 102 Å². The number of aromatic nitrogens is 7. The van der Waals surface area contributed by atoms with E-state index in [0.717, 1.165) is 36.0 Å². The number of rotatable bonds is 10. The second kappa shape index (κ2) is 10.3. The van der Waals surface area contributed by atoms with Gasteiger partial charge in [-0.1, -0.05) is 23.4 Å². The van der Waals surface area contributed by atoms with Gasteiger partial charge in [-0.3, -0.25) is 14.5 Å². The Labute approximate surface area is 201 Å². The Kier molecular flexibility index (Phi) is 6.65. The van der Waals surface area contributed by atoms with E-state index in [-0.39, 0.29) is 11.6 Å². The van der Waals surface area contributed by atoms with Crippen LogP contribution in [-0.2, 0) is 19.4 Å². The van der Waals surface area contributed by atoms with Gasteiger partial charge in [0, 0.05) is 35.8 Å². The second-order valence-electron chi connectivity index (χ2n) is 8.37. The van der Waals surface area contributed by atoms with Crippen LogP contribution in [0.4, 0.5) is 4.39 Å². The van der Waals surface area contributed by atoms with Gasteiger partial charge in [0.25, 0.3) is 0 Å². The van der Waals surface area contributed by atoms with Crippen LogP contribution in [0.25, 0.3) is 22.3 Å². The number of fused-ring (bicyclic) bond motifs is 1. The van der Waals surface area contributed by atoms with Crippen LogP contribution in [0.1, 0.15) is 41.1 Å². The van der Waals surface area contributed by atoms with Gasteiger partial charge in [0.05, 0.1) is 17.6 Å². The van der Waals surface area contributed by atoms with Crippen molar-refractivity contribution in [2.45, 2.75) is 38.6 Å². The number of nitrogens with one attached hydrogen (secondary N) is 1. The number of nitrogens with zero attached hydrogens (tertiary/aromatic N) is 6. The summed E-state index contributed by atoms with van der Waals surface area (Å²) < 4.78 is 15.8. The number of hydrogen-bond donors (Lipinski definition) is 1. The molecule has 4 aromatic heterocycles. The molecule has 0 saturated heterocycles. The number of halogens is 1. The summed E-state index contributed by atoms with van der Waals surface area (Å²) in [7, 11) is 0. The van der Waals surface area contributed by atoms with Crippen LogP contribution in [0.5, 0.6) is 0 Å². The normalized spacial score (nSPS) is 11.2. The van der Waals surface area contributed by atoms with Crippen molar-refractivity contribution >= 4 is 16.8 Å². The van der Waals surface area contributed by atoms with E-state index >= 15 is 0 Å². The fraction of sp³-hybridized carbons (Fsp3) is 0.231. The first kappa shape index (κ1) is 22.5. The Morgan fingerprint density at radius 2 is 1.83 bits per heavy atom. The van der Waals surface area contributed by atoms with Gasteiger partial charge in [0.1, 0.15) is 11.5 Å². The van der Waals surface area contributed by atoms with Crippen LogP contribution >= 0.6 is 0 Å². The molecule has 8 nitrogen and oxygen atoms in total. The number of unbranched alkanes of at least 4 members (excludes halogenated alkanes) is 1.